The minimum atomic E-state index is -4.53. The molecule has 1 atom stereocenters. The van der Waals surface area contributed by atoms with Crippen molar-refractivity contribution in [3.63, 3.8) is 0 Å². The van der Waals surface area contributed by atoms with Gasteiger partial charge in [0.05, 0.1) is 28.2 Å². The minimum absolute atomic E-state index is 0.0125. The SMILES string of the molecule is CCC(c1nc2ccccc2c(=O)n1-c1ccccc1)N(C)C(=O)Nc1cccc(C(F)(F)F)c1. The van der Waals surface area contributed by atoms with E-state index in [1.54, 1.807) is 48.5 Å². The predicted molar refractivity (Wildman–Crippen MR) is 129 cm³/mol. The number of urea groups is 1. The average Bonchev–Trinajstić information content (AvgIpc) is 2.85. The lowest BCUT2D eigenvalue weighted by atomic mass is 10.1. The van der Waals surface area contributed by atoms with E-state index in [4.69, 9.17) is 4.98 Å². The maximum atomic E-state index is 13.5. The van der Waals surface area contributed by atoms with Crippen LogP contribution in [0.1, 0.15) is 30.8 Å². The van der Waals surface area contributed by atoms with Crippen LogP contribution in [0.5, 0.6) is 0 Å². The molecular formula is C26H23F3N4O2. The second-order valence-corrected chi connectivity index (χ2v) is 8.01. The van der Waals surface area contributed by atoms with Crippen LogP contribution in [0.2, 0.25) is 0 Å². The number of halogens is 3. The summed E-state index contributed by atoms with van der Waals surface area (Å²) in [6.45, 7) is 1.84. The first-order chi connectivity index (χ1) is 16.7. The summed E-state index contributed by atoms with van der Waals surface area (Å²) in [5.74, 6) is 0.351. The highest BCUT2D eigenvalue weighted by atomic mass is 19.4. The molecule has 0 saturated heterocycles. The maximum absolute atomic E-state index is 13.5. The molecule has 0 bridgehead atoms. The predicted octanol–water partition coefficient (Wildman–Crippen LogP) is 6.02. The average molecular weight is 480 g/mol. The number of nitrogens with one attached hydrogen (secondary N) is 1. The number of para-hydroxylation sites is 2. The van der Waals surface area contributed by atoms with Crippen molar-refractivity contribution >= 4 is 22.6 Å². The largest absolute Gasteiger partial charge is 0.416 e. The topological polar surface area (TPSA) is 67.2 Å². The van der Waals surface area contributed by atoms with E-state index in [0.29, 0.717) is 28.8 Å². The van der Waals surface area contributed by atoms with Gasteiger partial charge < -0.3 is 10.2 Å². The number of anilines is 1. The molecule has 1 unspecified atom stereocenters. The maximum Gasteiger partial charge on any atom is 0.416 e. The van der Waals surface area contributed by atoms with Gasteiger partial charge in [-0.15, -0.1) is 0 Å². The molecule has 0 aliphatic carbocycles. The van der Waals surface area contributed by atoms with Crippen molar-refractivity contribution in [2.24, 2.45) is 0 Å². The van der Waals surface area contributed by atoms with Gasteiger partial charge >= 0.3 is 12.2 Å². The Bertz CT molecular complexity index is 1420. The number of carbonyl (C=O) groups is 1. The van der Waals surface area contributed by atoms with Crippen LogP contribution in [0.4, 0.5) is 23.7 Å². The first kappa shape index (κ1) is 24.0. The second kappa shape index (κ2) is 9.61. The molecule has 9 heteroatoms. The summed E-state index contributed by atoms with van der Waals surface area (Å²) in [4.78, 5) is 32.6. The van der Waals surface area contributed by atoms with Crippen LogP contribution < -0.4 is 10.9 Å². The molecule has 35 heavy (non-hydrogen) atoms. The summed E-state index contributed by atoms with van der Waals surface area (Å²) in [7, 11) is 1.52. The van der Waals surface area contributed by atoms with Crippen LogP contribution in [0, 0.1) is 0 Å². The number of benzene rings is 3. The zero-order chi connectivity index (χ0) is 25.2. The van der Waals surface area contributed by atoms with Crippen LogP contribution in [-0.4, -0.2) is 27.5 Å². The molecule has 2 amide bonds. The lowest BCUT2D eigenvalue weighted by Crippen LogP contribution is -2.38. The van der Waals surface area contributed by atoms with E-state index in [2.05, 4.69) is 5.32 Å². The Morgan fingerprint density at radius 2 is 1.71 bits per heavy atom. The van der Waals surface area contributed by atoms with Gasteiger partial charge in [-0.05, 0) is 48.9 Å². The molecule has 0 radical (unpaired) electrons. The van der Waals surface area contributed by atoms with Gasteiger partial charge in [0.2, 0.25) is 0 Å². The third-order valence-corrected chi connectivity index (χ3v) is 5.73. The summed E-state index contributed by atoms with van der Waals surface area (Å²) in [6, 6.07) is 19.1. The highest BCUT2D eigenvalue weighted by Crippen LogP contribution is 2.31. The molecular weight excluding hydrogens is 457 g/mol. The van der Waals surface area contributed by atoms with Crippen molar-refractivity contribution in [3.05, 3.63) is 101 Å². The molecule has 1 heterocycles. The molecule has 1 N–H and O–H groups in total. The molecule has 180 valence electrons. The van der Waals surface area contributed by atoms with Gasteiger partial charge in [-0.1, -0.05) is 43.3 Å². The molecule has 4 aromatic rings. The smallest absolute Gasteiger partial charge is 0.317 e. The fourth-order valence-electron chi connectivity index (χ4n) is 3.96. The zero-order valence-electron chi connectivity index (χ0n) is 19.1. The Balaban J connectivity index is 1.75. The van der Waals surface area contributed by atoms with Crippen molar-refractivity contribution in [3.8, 4) is 5.69 Å². The summed E-state index contributed by atoms with van der Waals surface area (Å²) < 4.78 is 40.7. The summed E-state index contributed by atoms with van der Waals surface area (Å²) >= 11 is 0. The monoisotopic (exact) mass is 480 g/mol. The Morgan fingerprint density at radius 3 is 2.40 bits per heavy atom. The molecule has 0 aliphatic rings. The number of nitrogens with zero attached hydrogens (tertiary/aromatic N) is 3. The molecule has 3 aromatic carbocycles. The highest BCUT2D eigenvalue weighted by Gasteiger charge is 2.31. The van der Waals surface area contributed by atoms with Gasteiger partial charge in [0, 0.05) is 12.7 Å². The van der Waals surface area contributed by atoms with Crippen molar-refractivity contribution in [1.82, 2.24) is 14.5 Å². The number of hydrogen-bond acceptors (Lipinski definition) is 3. The van der Waals surface area contributed by atoms with E-state index in [0.717, 1.165) is 12.1 Å². The zero-order valence-corrected chi connectivity index (χ0v) is 19.1. The summed E-state index contributed by atoms with van der Waals surface area (Å²) in [6.07, 6.45) is -4.12. The molecule has 6 nitrogen and oxygen atoms in total. The van der Waals surface area contributed by atoms with E-state index in [1.807, 2.05) is 13.0 Å². The number of fused-ring (bicyclic) bond motifs is 1. The van der Waals surface area contributed by atoms with Crippen LogP contribution in [0.3, 0.4) is 0 Å². The normalized spacial score (nSPS) is 12.4. The van der Waals surface area contributed by atoms with E-state index < -0.39 is 23.8 Å². The first-order valence-electron chi connectivity index (χ1n) is 11.0. The molecule has 0 fully saturated rings. The Morgan fingerprint density at radius 1 is 1.03 bits per heavy atom. The van der Waals surface area contributed by atoms with Crippen molar-refractivity contribution in [2.75, 3.05) is 12.4 Å². The fraction of sp³-hybridized carbons (Fsp3) is 0.192. The number of rotatable bonds is 5. The third kappa shape index (κ3) is 4.89. The number of alkyl halides is 3. The van der Waals surface area contributed by atoms with Crippen molar-refractivity contribution in [2.45, 2.75) is 25.6 Å². The molecule has 0 aliphatic heterocycles. The van der Waals surface area contributed by atoms with Gasteiger partial charge in [0.15, 0.2) is 0 Å². The van der Waals surface area contributed by atoms with Gasteiger partial charge in [0.1, 0.15) is 5.82 Å². The van der Waals surface area contributed by atoms with E-state index in [-0.39, 0.29) is 11.2 Å². The first-order valence-corrected chi connectivity index (χ1v) is 11.0. The summed E-state index contributed by atoms with van der Waals surface area (Å²) in [5.41, 5.74) is -0.0415. The standard InChI is InChI=1S/C26H23F3N4O2/c1-3-22(32(2)25(35)30-18-11-9-10-17(16-18)26(27,28)29)23-31-21-15-8-7-14-20(21)24(34)33(23)19-12-5-4-6-13-19/h4-16,22H,3H2,1-2H3,(H,30,35). The number of carbonyl (C=O) groups excluding carboxylic acids is 1. The highest BCUT2D eigenvalue weighted by molar-refractivity contribution is 5.89. The van der Waals surface area contributed by atoms with Crippen LogP contribution in [0.25, 0.3) is 16.6 Å². The minimum Gasteiger partial charge on any atom is -0.317 e. The Kier molecular flexibility index (Phi) is 6.59. The quantitative estimate of drug-likeness (QED) is 0.380. The van der Waals surface area contributed by atoms with Gasteiger partial charge in [-0.3, -0.25) is 9.36 Å². The number of amides is 2. The molecule has 0 spiro atoms. The Hall–Kier alpha value is -4.14. The van der Waals surface area contributed by atoms with E-state index in [9.17, 15) is 22.8 Å². The lowest BCUT2D eigenvalue weighted by Gasteiger charge is -2.29. The Labute approximate surface area is 199 Å². The lowest BCUT2D eigenvalue weighted by molar-refractivity contribution is -0.137. The molecule has 4 rings (SSSR count). The number of aromatic nitrogens is 2. The number of hydrogen-bond donors (Lipinski definition) is 1. The summed E-state index contributed by atoms with van der Waals surface area (Å²) in [5, 5.41) is 2.96. The van der Waals surface area contributed by atoms with Crippen molar-refractivity contribution in [1.29, 1.82) is 0 Å². The van der Waals surface area contributed by atoms with Crippen LogP contribution >= 0.6 is 0 Å². The van der Waals surface area contributed by atoms with E-state index in [1.165, 1.54) is 28.6 Å². The van der Waals surface area contributed by atoms with Gasteiger partial charge in [0.25, 0.3) is 5.56 Å². The van der Waals surface area contributed by atoms with E-state index >= 15 is 0 Å². The van der Waals surface area contributed by atoms with Crippen LogP contribution in [-0.2, 0) is 6.18 Å². The third-order valence-electron chi connectivity index (χ3n) is 5.73. The molecule has 1 aromatic heterocycles. The molecule has 0 saturated carbocycles. The van der Waals surface area contributed by atoms with Crippen molar-refractivity contribution < 1.29 is 18.0 Å². The van der Waals surface area contributed by atoms with Crippen LogP contribution in [0.15, 0.2) is 83.7 Å². The second-order valence-electron chi connectivity index (χ2n) is 8.01. The van der Waals surface area contributed by atoms with Gasteiger partial charge in [-0.2, -0.15) is 13.2 Å². The van der Waals surface area contributed by atoms with Gasteiger partial charge in [-0.25, -0.2) is 9.78 Å². The fourth-order valence-corrected chi connectivity index (χ4v) is 3.96.